The van der Waals surface area contributed by atoms with E-state index >= 15 is 0 Å². The van der Waals surface area contributed by atoms with Crippen LogP contribution in [0.15, 0.2) is 102 Å². The molecule has 1 N–H and O–H groups in total. The fourth-order valence-corrected chi connectivity index (χ4v) is 3.96. The minimum atomic E-state index is -0.179. The van der Waals surface area contributed by atoms with E-state index in [9.17, 15) is 9.90 Å². The lowest BCUT2D eigenvalue weighted by Gasteiger charge is -2.17. The van der Waals surface area contributed by atoms with Gasteiger partial charge in [-0.25, -0.2) is 0 Å². The molecule has 1 heterocycles. The maximum atomic E-state index is 13.2. The van der Waals surface area contributed by atoms with Crippen LogP contribution >= 0.6 is 0 Å². The highest BCUT2D eigenvalue weighted by molar-refractivity contribution is 5.97. The molecule has 0 aliphatic carbocycles. The minimum Gasteiger partial charge on any atom is -0.507 e. The highest BCUT2D eigenvalue weighted by atomic mass is 16.5. The van der Waals surface area contributed by atoms with Crippen LogP contribution < -0.4 is 10.2 Å². The first-order valence-electron chi connectivity index (χ1n) is 10.2. The van der Waals surface area contributed by atoms with Crippen LogP contribution in [-0.4, -0.2) is 9.67 Å². The molecule has 0 saturated heterocycles. The quantitative estimate of drug-likeness (QED) is 0.392. The number of hydrogen-bond acceptors (Lipinski definition) is 3. The molecule has 5 rings (SSSR count). The summed E-state index contributed by atoms with van der Waals surface area (Å²) in [6.45, 7) is 0.946. The molecular formula is C27H21NO3. The fourth-order valence-electron chi connectivity index (χ4n) is 3.96. The zero-order chi connectivity index (χ0) is 21.2. The van der Waals surface area contributed by atoms with Crippen LogP contribution in [0.1, 0.15) is 11.1 Å². The summed E-state index contributed by atoms with van der Waals surface area (Å²) in [6, 6.07) is 30.8. The van der Waals surface area contributed by atoms with Crippen molar-refractivity contribution in [3.8, 4) is 11.5 Å². The predicted molar refractivity (Wildman–Crippen MR) is 124 cm³/mol. The van der Waals surface area contributed by atoms with E-state index in [1.807, 2.05) is 84.9 Å². The van der Waals surface area contributed by atoms with Crippen LogP contribution in [-0.2, 0) is 13.2 Å². The van der Waals surface area contributed by atoms with Gasteiger partial charge in [-0.1, -0.05) is 72.8 Å². The molecule has 1 aromatic heterocycles. The maximum absolute atomic E-state index is 13.2. The Balaban J connectivity index is 1.69. The summed E-state index contributed by atoms with van der Waals surface area (Å²) in [5.41, 5.74) is 3.43. The Hall–Kier alpha value is -4.05. The second-order valence-corrected chi connectivity index (χ2v) is 7.53. The van der Waals surface area contributed by atoms with Crippen molar-refractivity contribution in [3.63, 3.8) is 0 Å². The molecule has 4 heteroatoms. The van der Waals surface area contributed by atoms with Crippen LogP contribution in [0.4, 0.5) is 0 Å². The van der Waals surface area contributed by atoms with E-state index in [4.69, 9.17) is 4.74 Å². The summed E-state index contributed by atoms with van der Waals surface area (Å²) < 4.78 is 8.03. The summed E-state index contributed by atoms with van der Waals surface area (Å²) in [7, 11) is 0. The number of nitrogens with zero attached hydrogens (tertiary/aromatic N) is 1. The molecule has 0 saturated carbocycles. The molecule has 0 amide bonds. The van der Waals surface area contributed by atoms with Gasteiger partial charge in [0.05, 0.1) is 16.4 Å². The third-order valence-corrected chi connectivity index (χ3v) is 5.46. The van der Waals surface area contributed by atoms with Crippen LogP contribution in [0.3, 0.4) is 0 Å². The molecule has 0 aliphatic rings. The minimum absolute atomic E-state index is 0.0712. The second-order valence-electron chi connectivity index (χ2n) is 7.53. The van der Waals surface area contributed by atoms with E-state index in [2.05, 4.69) is 4.57 Å². The average molecular weight is 407 g/mol. The number of benzene rings is 4. The molecule has 0 aliphatic heterocycles. The molecule has 4 nitrogen and oxygen atoms in total. The van der Waals surface area contributed by atoms with Crippen molar-refractivity contribution in [2.45, 2.75) is 13.2 Å². The maximum Gasteiger partial charge on any atom is 0.200 e. The van der Waals surface area contributed by atoms with Crippen molar-refractivity contribution in [1.82, 2.24) is 4.57 Å². The zero-order valence-corrected chi connectivity index (χ0v) is 16.9. The largest absolute Gasteiger partial charge is 0.507 e. The van der Waals surface area contributed by atoms with Crippen molar-refractivity contribution >= 4 is 21.8 Å². The van der Waals surface area contributed by atoms with Crippen LogP contribution in [0, 0.1) is 0 Å². The normalized spacial score (nSPS) is 11.1. The van der Waals surface area contributed by atoms with E-state index in [1.54, 1.807) is 6.07 Å². The standard InChI is InChI=1S/C27H21NO3/c29-25-16-21(31-18-20-11-5-2-6-12-20)15-24-26(25)27(30)22-13-7-8-14-23(22)28(24)17-19-9-3-1-4-10-19/h1-16,29H,17-18H2. The Morgan fingerprint density at radius 1 is 0.742 bits per heavy atom. The van der Waals surface area contributed by atoms with Gasteiger partial charge in [-0.05, 0) is 23.3 Å². The Morgan fingerprint density at radius 2 is 1.39 bits per heavy atom. The third kappa shape index (κ3) is 3.64. The molecule has 31 heavy (non-hydrogen) atoms. The molecule has 0 bridgehead atoms. The van der Waals surface area contributed by atoms with Gasteiger partial charge in [0, 0.05) is 24.1 Å². The number of phenols is 1. The summed E-state index contributed by atoms with van der Waals surface area (Å²) in [5, 5.41) is 11.7. The molecule has 0 atom stereocenters. The lowest BCUT2D eigenvalue weighted by Crippen LogP contribution is -2.12. The topological polar surface area (TPSA) is 51.5 Å². The number of pyridine rings is 1. The lowest BCUT2D eigenvalue weighted by atomic mass is 10.1. The molecule has 152 valence electrons. The molecular weight excluding hydrogens is 386 g/mol. The van der Waals surface area contributed by atoms with Gasteiger partial charge in [0.2, 0.25) is 5.43 Å². The van der Waals surface area contributed by atoms with Crippen LogP contribution in [0.25, 0.3) is 21.8 Å². The zero-order valence-electron chi connectivity index (χ0n) is 16.9. The van der Waals surface area contributed by atoms with E-state index in [0.29, 0.717) is 35.2 Å². The molecule has 0 radical (unpaired) electrons. The Kier molecular flexibility index (Phi) is 4.89. The lowest BCUT2D eigenvalue weighted by molar-refractivity contribution is 0.305. The van der Waals surface area contributed by atoms with E-state index in [0.717, 1.165) is 16.6 Å². The number of rotatable bonds is 5. The number of phenolic OH excluding ortho intramolecular Hbond substituents is 1. The number of fused-ring (bicyclic) bond motifs is 2. The van der Waals surface area contributed by atoms with Gasteiger partial charge in [-0.3, -0.25) is 4.79 Å². The SMILES string of the molecule is O=c1c2ccccc2n(Cc2ccccc2)c2cc(OCc3ccccc3)cc(O)c12. The monoisotopic (exact) mass is 407 g/mol. The predicted octanol–water partition coefficient (Wildman–Crippen LogP) is 5.49. The van der Waals surface area contributed by atoms with E-state index in [1.165, 1.54) is 6.07 Å². The number of aromatic nitrogens is 1. The van der Waals surface area contributed by atoms with Crippen molar-refractivity contribution < 1.29 is 9.84 Å². The van der Waals surface area contributed by atoms with Gasteiger partial charge < -0.3 is 14.4 Å². The van der Waals surface area contributed by atoms with Crippen molar-refractivity contribution in [3.05, 3.63) is 118 Å². The number of hydrogen-bond donors (Lipinski definition) is 1. The number of aromatic hydroxyl groups is 1. The number of ether oxygens (including phenoxy) is 1. The van der Waals surface area contributed by atoms with Crippen molar-refractivity contribution in [1.29, 1.82) is 0 Å². The third-order valence-electron chi connectivity index (χ3n) is 5.46. The summed E-state index contributed by atoms with van der Waals surface area (Å²) in [6.07, 6.45) is 0. The van der Waals surface area contributed by atoms with E-state index in [-0.39, 0.29) is 11.2 Å². The Bertz CT molecular complexity index is 1420. The molecule has 0 spiro atoms. The highest BCUT2D eigenvalue weighted by Crippen LogP contribution is 2.31. The average Bonchev–Trinajstić information content (AvgIpc) is 2.81. The number of para-hydroxylation sites is 1. The van der Waals surface area contributed by atoms with Crippen molar-refractivity contribution in [2.75, 3.05) is 0 Å². The van der Waals surface area contributed by atoms with Gasteiger partial charge >= 0.3 is 0 Å². The molecule has 4 aromatic carbocycles. The summed E-state index contributed by atoms with van der Waals surface area (Å²) in [4.78, 5) is 13.2. The van der Waals surface area contributed by atoms with Crippen LogP contribution in [0.5, 0.6) is 11.5 Å². The highest BCUT2D eigenvalue weighted by Gasteiger charge is 2.16. The Morgan fingerprint density at radius 3 is 2.13 bits per heavy atom. The van der Waals surface area contributed by atoms with E-state index < -0.39 is 0 Å². The van der Waals surface area contributed by atoms with Gasteiger partial charge in [0.1, 0.15) is 18.1 Å². The molecule has 5 aromatic rings. The first kappa shape index (κ1) is 18.9. The van der Waals surface area contributed by atoms with Crippen molar-refractivity contribution in [2.24, 2.45) is 0 Å². The molecule has 0 fully saturated rings. The van der Waals surface area contributed by atoms with Gasteiger partial charge in [0.15, 0.2) is 0 Å². The smallest absolute Gasteiger partial charge is 0.200 e. The second kappa shape index (κ2) is 8.00. The Labute approximate surface area is 179 Å². The first-order valence-corrected chi connectivity index (χ1v) is 10.2. The first-order chi connectivity index (χ1) is 15.2. The van der Waals surface area contributed by atoms with Crippen LogP contribution in [0.2, 0.25) is 0 Å². The van der Waals surface area contributed by atoms with Gasteiger partial charge in [0.25, 0.3) is 0 Å². The summed E-state index contributed by atoms with van der Waals surface area (Å²) >= 11 is 0. The fraction of sp³-hybridized carbons (Fsp3) is 0.0741. The molecule has 0 unspecified atom stereocenters. The van der Waals surface area contributed by atoms with Gasteiger partial charge in [-0.2, -0.15) is 0 Å². The summed E-state index contributed by atoms with van der Waals surface area (Å²) in [5.74, 6) is 0.448. The van der Waals surface area contributed by atoms with Gasteiger partial charge in [-0.15, -0.1) is 0 Å².